The van der Waals surface area contributed by atoms with Crippen LogP contribution in [-0.4, -0.2) is 52.0 Å². The van der Waals surface area contributed by atoms with Crippen LogP contribution in [0.2, 0.25) is 20.1 Å². The van der Waals surface area contributed by atoms with Gasteiger partial charge in [-0.25, -0.2) is 0 Å². The Kier molecular flexibility index (Phi) is 7.86. The fraction of sp³-hybridized carbons (Fsp3) is 0.217. The van der Waals surface area contributed by atoms with Crippen molar-refractivity contribution in [3.63, 3.8) is 0 Å². The molecule has 2 heterocycles. The number of rotatable bonds is 5. The smallest absolute Gasteiger partial charge is 0.271 e. The molecule has 0 aliphatic carbocycles. The second kappa shape index (κ2) is 10.9. The molecule has 0 radical (unpaired) electrons. The van der Waals surface area contributed by atoms with Gasteiger partial charge in [0.25, 0.3) is 17.7 Å². The van der Waals surface area contributed by atoms with E-state index in [1.807, 2.05) is 0 Å². The SMILES string of the molecule is O=C(NC1CCN(C(=O)c2c(Cl)cccc2Cl)CC1)c1[nH]ncc1NC(=O)c1c(Cl)cccc1Cl. The Balaban J connectivity index is 1.37. The van der Waals surface area contributed by atoms with Crippen molar-refractivity contribution in [3.8, 4) is 0 Å². The van der Waals surface area contributed by atoms with Crippen LogP contribution < -0.4 is 10.6 Å². The average Bonchev–Trinajstić information content (AvgIpc) is 3.27. The molecular weight excluding hydrogens is 536 g/mol. The Hall–Kier alpha value is -2.78. The van der Waals surface area contributed by atoms with E-state index < -0.39 is 11.8 Å². The molecule has 0 bridgehead atoms. The number of benzene rings is 2. The number of likely N-dealkylation sites (tertiary alicyclic amines) is 1. The van der Waals surface area contributed by atoms with E-state index in [9.17, 15) is 14.4 Å². The maximum Gasteiger partial charge on any atom is 0.271 e. The van der Waals surface area contributed by atoms with E-state index in [1.165, 1.54) is 6.20 Å². The number of hydrogen-bond acceptors (Lipinski definition) is 4. The van der Waals surface area contributed by atoms with Crippen molar-refractivity contribution < 1.29 is 14.4 Å². The highest BCUT2D eigenvalue weighted by molar-refractivity contribution is 6.40. The predicted molar refractivity (Wildman–Crippen MR) is 136 cm³/mol. The molecule has 0 saturated carbocycles. The molecule has 3 aromatic rings. The fourth-order valence-corrected chi connectivity index (χ4v) is 4.93. The maximum atomic E-state index is 12.9. The van der Waals surface area contributed by atoms with Gasteiger partial charge in [-0.05, 0) is 37.1 Å². The first kappa shape index (κ1) is 25.3. The molecule has 3 amide bonds. The van der Waals surface area contributed by atoms with Crippen LogP contribution in [0.4, 0.5) is 5.69 Å². The molecule has 1 aliphatic heterocycles. The first-order valence-electron chi connectivity index (χ1n) is 10.6. The fourth-order valence-electron chi connectivity index (χ4n) is 3.80. The molecule has 1 saturated heterocycles. The van der Waals surface area contributed by atoms with Crippen LogP contribution in [0.3, 0.4) is 0 Å². The summed E-state index contributed by atoms with van der Waals surface area (Å²) >= 11 is 24.5. The number of amides is 3. The number of nitrogens with one attached hydrogen (secondary N) is 3. The highest BCUT2D eigenvalue weighted by Gasteiger charge is 2.28. The van der Waals surface area contributed by atoms with Crippen molar-refractivity contribution in [2.75, 3.05) is 18.4 Å². The summed E-state index contributed by atoms with van der Waals surface area (Å²) < 4.78 is 0. The molecule has 0 atom stereocenters. The quantitative estimate of drug-likeness (QED) is 0.397. The first-order chi connectivity index (χ1) is 16.8. The lowest BCUT2D eigenvalue weighted by molar-refractivity contribution is 0.0698. The minimum Gasteiger partial charge on any atom is -0.348 e. The van der Waals surface area contributed by atoms with Crippen molar-refractivity contribution in [2.45, 2.75) is 18.9 Å². The van der Waals surface area contributed by atoms with Crippen LogP contribution in [0.5, 0.6) is 0 Å². The number of aromatic nitrogens is 2. The lowest BCUT2D eigenvalue weighted by atomic mass is 10.0. The van der Waals surface area contributed by atoms with Crippen molar-refractivity contribution in [2.24, 2.45) is 0 Å². The zero-order valence-electron chi connectivity index (χ0n) is 18.1. The number of piperidine rings is 1. The summed E-state index contributed by atoms with van der Waals surface area (Å²) in [6, 6.07) is 9.45. The van der Waals surface area contributed by atoms with E-state index in [4.69, 9.17) is 46.4 Å². The minimum atomic E-state index is -0.568. The van der Waals surface area contributed by atoms with Gasteiger partial charge in [-0.1, -0.05) is 58.5 Å². The molecule has 12 heteroatoms. The number of carbonyl (C=O) groups is 3. The van der Waals surface area contributed by atoms with E-state index in [-0.39, 0.29) is 44.5 Å². The third kappa shape index (κ3) is 5.56. The van der Waals surface area contributed by atoms with Gasteiger partial charge in [0.2, 0.25) is 0 Å². The molecule has 0 unspecified atom stereocenters. The number of hydrogen-bond donors (Lipinski definition) is 3. The van der Waals surface area contributed by atoms with Gasteiger partial charge in [-0.3, -0.25) is 19.5 Å². The normalized spacial score (nSPS) is 14.0. The minimum absolute atomic E-state index is 0.0860. The van der Waals surface area contributed by atoms with E-state index in [0.717, 1.165) is 0 Å². The largest absolute Gasteiger partial charge is 0.348 e. The summed E-state index contributed by atoms with van der Waals surface area (Å²) in [4.78, 5) is 40.1. The summed E-state index contributed by atoms with van der Waals surface area (Å²) in [7, 11) is 0. The van der Waals surface area contributed by atoms with E-state index >= 15 is 0 Å². The topological polar surface area (TPSA) is 107 Å². The van der Waals surface area contributed by atoms with Crippen LogP contribution in [-0.2, 0) is 0 Å². The number of anilines is 1. The van der Waals surface area contributed by atoms with Crippen molar-refractivity contribution >= 4 is 69.8 Å². The Bertz CT molecular complexity index is 1250. The van der Waals surface area contributed by atoms with Gasteiger partial charge in [-0.2, -0.15) is 5.10 Å². The number of H-pyrrole nitrogens is 1. The van der Waals surface area contributed by atoms with Crippen LogP contribution in [0.1, 0.15) is 44.0 Å². The molecule has 3 N–H and O–H groups in total. The molecule has 35 heavy (non-hydrogen) atoms. The Morgan fingerprint density at radius 1 is 0.857 bits per heavy atom. The highest BCUT2D eigenvalue weighted by Crippen LogP contribution is 2.28. The molecule has 182 valence electrons. The van der Waals surface area contributed by atoms with Crippen LogP contribution in [0.15, 0.2) is 42.6 Å². The van der Waals surface area contributed by atoms with Gasteiger partial charge in [0.15, 0.2) is 0 Å². The Labute approximate surface area is 220 Å². The monoisotopic (exact) mass is 553 g/mol. The number of aromatic amines is 1. The highest BCUT2D eigenvalue weighted by atomic mass is 35.5. The molecule has 4 rings (SSSR count). The van der Waals surface area contributed by atoms with Gasteiger partial charge in [-0.15, -0.1) is 0 Å². The summed E-state index contributed by atoms with van der Waals surface area (Å²) in [6.07, 6.45) is 2.39. The predicted octanol–water partition coefficient (Wildman–Crippen LogP) is 5.31. The Morgan fingerprint density at radius 3 is 1.97 bits per heavy atom. The number of nitrogens with zero attached hydrogens (tertiary/aromatic N) is 2. The number of halogens is 4. The maximum absolute atomic E-state index is 12.9. The van der Waals surface area contributed by atoms with Crippen LogP contribution in [0, 0.1) is 0 Å². The van der Waals surface area contributed by atoms with Gasteiger partial charge < -0.3 is 15.5 Å². The third-order valence-corrected chi connectivity index (χ3v) is 6.86. The number of carbonyl (C=O) groups excluding carboxylic acids is 3. The molecule has 8 nitrogen and oxygen atoms in total. The van der Waals surface area contributed by atoms with Gasteiger partial charge >= 0.3 is 0 Å². The lowest BCUT2D eigenvalue weighted by Gasteiger charge is -2.32. The van der Waals surface area contributed by atoms with Gasteiger partial charge in [0, 0.05) is 19.1 Å². The molecule has 1 aromatic heterocycles. The molecule has 0 spiro atoms. The van der Waals surface area contributed by atoms with E-state index in [2.05, 4.69) is 20.8 Å². The van der Waals surface area contributed by atoms with Crippen LogP contribution in [0.25, 0.3) is 0 Å². The molecule has 2 aromatic carbocycles. The summed E-state index contributed by atoms with van der Waals surface area (Å²) in [5.74, 6) is -1.26. The summed E-state index contributed by atoms with van der Waals surface area (Å²) in [6.45, 7) is 0.839. The third-order valence-electron chi connectivity index (χ3n) is 5.60. The standard InChI is InChI=1S/C23H19Cl4N5O3/c24-13-3-1-4-14(25)18(13)21(33)30-17-11-28-31-20(17)22(34)29-12-7-9-32(10-8-12)23(35)19-15(26)5-2-6-16(19)27/h1-6,11-12H,7-10H2,(H,28,31)(H,29,34)(H,30,33). The average molecular weight is 555 g/mol. The van der Waals surface area contributed by atoms with Gasteiger partial charge in [0.1, 0.15) is 5.69 Å². The summed E-state index contributed by atoms with van der Waals surface area (Å²) in [5, 5.41) is 13.0. The van der Waals surface area contributed by atoms with Crippen molar-refractivity contribution in [1.29, 1.82) is 0 Å². The van der Waals surface area contributed by atoms with Crippen molar-refractivity contribution in [3.05, 3.63) is 79.5 Å². The molecule has 1 fully saturated rings. The Morgan fingerprint density at radius 2 is 1.40 bits per heavy atom. The first-order valence-corrected chi connectivity index (χ1v) is 12.1. The molecular formula is C23H19Cl4N5O3. The van der Waals surface area contributed by atoms with E-state index in [0.29, 0.717) is 36.0 Å². The second-order valence-corrected chi connectivity index (χ2v) is 9.47. The lowest BCUT2D eigenvalue weighted by Crippen LogP contribution is -2.46. The zero-order chi connectivity index (χ0) is 25.1. The van der Waals surface area contributed by atoms with Crippen LogP contribution >= 0.6 is 46.4 Å². The summed E-state index contributed by atoms with van der Waals surface area (Å²) in [5.41, 5.74) is 0.640. The zero-order valence-corrected chi connectivity index (χ0v) is 21.1. The van der Waals surface area contributed by atoms with Gasteiger partial charge in [0.05, 0.1) is 43.1 Å². The second-order valence-electron chi connectivity index (χ2n) is 7.85. The molecule has 1 aliphatic rings. The van der Waals surface area contributed by atoms with Crippen molar-refractivity contribution in [1.82, 2.24) is 20.4 Å². The van der Waals surface area contributed by atoms with E-state index in [1.54, 1.807) is 41.3 Å².